The van der Waals surface area contributed by atoms with E-state index in [4.69, 9.17) is 4.74 Å². The molecule has 4 nitrogen and oxygen atoms in total. The van der Waals surface area contributed by atoms with E-state index >= 15 is 0 Å². The number of rotatable bonds is 2. The molecule has 90 valence electrons. The molecule has 2 aromatic rings. The number of aromatic nitrogens is 1. The highest BCUT2D eigenvalue weighted by molar-refractivity contribution is 5.81. The molecule has 0 amide bonds. The number of anilines is 1. The Morgan fingerprint density at radius 2 is 2.06 bits per heavy atom. The number of nitrogens with one attached hydrogen (secondary N) is 1. The first-order valence-electron chi connectivity index (χ1n) is 5.72. The number of fused-ring (bicyclic) bond motifs is 1. The molecule has 3 rings (SSSR count). The Bertz CT molecular complexity index is 583. The van der Waals surface area contributed by atoms with Crippen LogP contribution in [0.5, 0.6) is 0 Å². The molecule has 1 aliphatic rings. The summed E-state index contributed by atoms with van der Waals surface area (Å²) in [6, 6.07) is 11.8. The first kappa shape index (κ1) is 10.9. The molecule has 1 aliphatic heterocycles. The van der Waals surface area contributed by atoms with Crippen LogP contribution in [0.2, 0.25) is 0 Å². The highest BCUT2D eigenvalue weighted by Gasteiger charge is 2.37. The lowest BCUT2D eigenvalue weighted by molar-refractivity contribution is 0.0301. The molecule has 0 bridgehead atoms. The Hall–Kier alpha value is -2.20. The number of methoxy groups -OCH3 is 1. The third-order valence-electron chi connectivity index (χ3n) is 3.11. The lowest BCUT2D eigenvalue weighted by atomic mass is 9.93. The summed E-state index contributed by atoms with van der Waals surface area (Å²) in [5.41, 5.74) is 2.09. The third-order valence-corrected chi connectivity index (χ3v) is 3.11. The van der Waals surface area contributed by atoms with Crippen LogP contribution in [0.1, 0.15) is 11.1 Å². The Morgan fingerprint density at radius 1 is 1.17 bits per heavy atom. The van der Waals surface area contributed by atoms with E-state index in [9.17, 15) is 0 Å². The van der Waals surface area contributed by atoms with Gasteiger partial charge in [0.25, 0.3) is 0 Å². The van der Waals surface area contributed by atoms with E-state index in [1.165, 1.54) is 0 Å². The van der Waals surface area contributed by atoms with Crippen molar-refractivity contribution in [2.24, 2.45) is 4.99 Å². The summed E-state index contributed by atoms with van der Waals surface area (Å²) in [6.45, 7) is 0. The lowest BCUT2D eigenvalue weighted by Gasteiger charge is -2.33. The maximum Gasteiger partial charge on any atom is 0.216 e. The largest absolute Gasteiger partial charge is 0.349 e. The van der Waals surface area contributed by atoms with Crippen LogP contribution < -0.4 is 5.32 Å². The van der Waals surface area contributed by atoms with E-state index < -0.39 is 5.72 Å². The zero-order valence-electron chi connectivity index (χ0n) is 10.00. The van der Waals surface area contributed by atoms with Crippen LogP contribution in [0.25, 0.3) is 0 Å². The highest BCUT2D eigenvalue weighted by atomic mass is 16.5. The lowest BCUT2D eigenvalue weighted by Crippen LogP contribution is -2.32. The standard InChI is InChI=1S/C14H13N3O/c1-18-14(11-5-4-8-15-9-11)12-6-2-3-7-13(12)16-10-17-14/h2-10H,1H3,(H,16,17). The van der Waals surface area contributed by atoms with Gasteiger partial charge < -0.3 is 10.1 Å². The second-order valence-electron chi connectivity index (χ2n) is 4.04. The number of hydrogen-bond donors (Lipinski definition) is 1. The van der Waals surface area contributed by atoms with Gasteiger partial charge in [0.05, 0.1) is 6.34 Å². The predicted molar refractivity (Wildman–Crippen MR) is 70.6 cm³/mol. The minimum Gasteiger partial charge on any atom is -0.349 e. The molecule has 2 heterocycles. The van der Waals surface area contributed by atoms with Crippen molar-refractivity contribution in [3.63, 3.8) is 0 Å². The first-order valence-corrected chi connectivity index (χ1v) is 5.72. The Kier molecular flexibility index (Phi) is 2.57. The molecule has 1 N–H and O–H groups in total. The summed E-state index contributed by atoms with van der Waals surface area (Å²) in [5.74, 6) is 0. The number of ether oxygens (including phenoxy) is 1. The summed E-state index contributed by atoms with van der Waals surface area (Å²) in [6.07, 6.45) is 5.19. The van der Waals surface area contributed by atoms with Crippen molar-refractivity contribution in [3.05, 3.63) is 59.9 Å². The molecule has 1 aromatic carbocycles. The van der Waals surface area contributed by atoms with E-state index in [-0.39, 0.29) is 0 Å². The van der Waals surface area contributed by atoms with Gasteiger partial charge in [-0.3, -0.25) is 4.98 Å². The summed E-state index contributed by atoms with van der Waals surface area (Å²) in [5, 5.41) is 3.13. The van der Waals surface area contributed by atoms with E-state index in [2.05, 4.69) is 15.3 Å². The second-order valence-corrected chi connectivity index (χ2v) is 4.04. The molecule has 0 saturated carbocycles. The van der Waals surface area contributed by atoms with Crippen molar-refractivity contribution >= 4 is 12.0 Å². The van der Waals surface area contributed by atoms with Crippen LogP contribution in [0.15, 0.2) is 53.8 Å². The molecule has 0 aliphatic carbocycles. The van der Waals surface area contributed by atoms with Gasteiger partial charge >= 0.3 is 0 Å². The minimum atomic E-state index is -0.809. The molecule has 0 fully saturated rings. The van der Waals surface area contributed by atoms with Crippen molar-refractivity contribution in [2.45, 2.75) is 5.72 Å². The molecular weight excluding hydrogens is 226 g/mol. The molecular formula is C14H13N3O. The maximum absolute atomic E-state index is 5.71. The van der Waals surface area contributed by atoms with Crippen molar-refractivity contribution in [1.82, 2.24) is 4.98 Å². The van der Waals surface area contributed by atoms with Gasteiger partial charge in [-0.1, -0.05) is 24.3 Å². The molecule has 0 radical (unpaired) electrons. The number of para-hydroxylation sites is 1. The van der Waals surface area contributed by atoms with Gasteiger partial charge in [-0.25, -0.2) is 4.99 Å². The summed E-state index contributed by atoms with van der Waals surface area (Å²) >= 11 is 0. The van der Waals surface area contributed by atoms with Gasteiger partial charge in [0.1, 0.15) is 0 Å². The zero-order chi connectivity index (χ0) is 12.4. The van der Waals surface area contributed by atoms with E-state index in [1.807, 2.05) is 36.4 Å². The average molecular weight is 239 g/mol. The highest BCUT2D eigenvalue weighted by Crippen LogP contribution is 2.39. The topological polar surface area (TPSA) is 46.5 Å². The van der Waals surface area contributed by atoms with Crippen molar-refractivity contribution in [2.75, 3.05) is 12.4 Å². The normalized spacial score (nSPS) is 21.2. The van der Waals surface area contributed by atoms with Crippen molar-refractivity contribution in [1.29, 1.82) is 0 Å². The van der Waals surface area contributed by atoms with Gasteiger partial charge in [-0.05, 0) is 12.1 Å². The van der Waals surface area contributed by atoms with E-state index in [0.717, 1.165) is 16.8 Å². The van der Waals surface area contributed by atoms with Gasteiger partial charge in [0.15, 0.2) is 0 Å². The molecule has 0 spiro atoms. The van der Waals surface area contributed by atoms with Crippen LogP contribution in [0.4, 0.5) is 5.69 Å². The first-order chi connectivity index (χ1) is 8.87. The second kappa shape index (κ2) is 4.23. The Labute approximate surface area is 105 Å². The fourth-order valence-corrected chi connectivity index (χ4v) is 2.24. The zero-order valence-corrected chi connectivity index (χ0v) is 10.00. The fraction of sp³-hybridized carbons (Fsp3) is 0.143. The van der Waals surface area contributed by atoms with Crippen LogP contribution >= 0.6 is 0 Å². The smallest absolute Gasteiger partial charge is 0.216 e. The number of aliphatic imine (C=N–C) groups is 1. The SMILES string of the molecule is COC1(c2cccnc2)N=CNc2ccccc21. The van der Waals surface area contributed by atoms with E-state index in [0.29, 0.717) is 0 Å². The maximum atomic E-state index is 5.71. The number of pyridine rings is 1. The molecule has 1 unspecified atom stereocenters. The van der Waals surface area contributed by atoms with Gasteiger partial charge in [-0.15, -0.1) is 0 Å². The van der Waals surface area contributed by atoms with Crippen LogP contribution in [0.3, 0.4) is 0 Å². The van der Waals surface area contributed by atoms with Crippen LogP contribution in [0, 0.1) is 0 Å². The monoisotopic (exact) mass is 239 g/mol. The third kappa shape index (κ3) is 1.50. The fourth-order valence-electron chi connectivity index (χ4n) is 2.24. The predicted octanol–water partition coefficient (Wildman–Crippen LogP) is 2.38. The summed E-state index contributed by atoms with van der Waals surface area (Å²) in [4.78, 5) is 8.64. The number of nitrogens with zero attached hydrogens (tertiary/aromatic N) is 2. The molecule has 1 aromatic heterocycles. The number of benzene rings is 1. The number of hydrogen-bond acceptors (Lipinski definition) is 4. The van der Waals surface area contributed by atoms with Crippen LogP contribution in [-0.4, -0.2) is 18.4 Å². The summed E-state index contributed by atoms with van der Waals surface area (Å²) < 4.78 is 5.71. The quantitative estimate of drug-likeness (QED) is 0.875. The summed E-state index contributed by atoms with van der Waals surface area (Å²) in [7, 11) is 1.66. The van der Waals surface area contributed by atoms with Crippen molar-refractivity contribution < 1.29 is 4.74 Å². The van der Waals surface area contributed by atoms with Gasteiger partial charge in [0.2, 0.25) is 5.72 Å². The van der Waals surface area contributed by atoms with Crippen molar-refractivity contribution in [3.8, 4) is 0 Å². The molecule has 1 atom stereocenters. The van der Waals surface area contributed by atoms with Crippen LogP contribution in [-0.2, 0) is 10.5 Å². The Morgan fingerprint density at radius 3 is 2.83 bits per heavy atom. The average Bonchev–Trinajstić information content (AvgIpc) is 2.47. The minimum absolute atomic E-state index is 0.809. The van der Waals surface area contributed by atoms with Gasteiger partial charge in [-0.2, -0.15) is 0 Å². The Balaban J connectivity index is 2.23. The van der Waals surface area contributed by atoms with Gasteiger partial charge in [0, 0.05) is 36.3 Å². The molecule has 4 heteroatoms. The molecule has 0 saturated heterocycles. The van der Waals surface area contributed by atoms with E-state index in [1.54, 1.807) is 25.8 Å². The molecule has 18 heavy (non-hydrogen) atoms.